The Bertz CT molecular complexity index is 620. The first kappa shape index (κ1) is 18.9. The monoisotopic (exact) mass is 347 g/mol. The molecule has 0 saturated carbocycles. The van der Waals surface area contributed by atoms with Gasteiger partial charge in [-0.1, -0.05) is 30.3 Å². The number of hydrogen-bond donors (Lipinski definition) is 3. The van der Waals surface area contributed by atoms with Crippen LogP contribution in [0.15, 0.2) is 30.3 Å². The van der Waals surface area contributed by atoms with E-state index in [0.29, 0.717) is 25.8 Å². The number of amides is 2. The molecule has 4 N–H and O–H groups in total. The van der Waals surface area contributed by atoms with Gasteiger partial charge in [0.25, 0.3) is 0 Å². The molecule has 0 aliphatic carbocycles. The van der Waals surface area contributed by atoms with Crippen molar-refractivity contribution in [2.45, 2.75) is 50.7 Å². The van der Waals surface area contributed by atoms with Crippen molar-refractivity contribution in [3.63, 3.8) is 0 Å². The summed E-state index contributed by atoms with van der Waals surface area (Å²) in [5.74, 6) is -1.88. The van der Waals surface area contributed by atoms with Gasteiger partial charge in [0.1, 0.15) is 12.1 Å². The van der Waals surface area contributed by atoms with Gasteiger partial charge in [0.2, 0.25) is 11.8 Å². The Hall–Kier alpha value is -2.41. The number of carboxylic acid groups (broad SMARTS) is 1. The summed E-state index contributed by atoms with van der Waals surface area (Å²) in [7, 11) is 0. The van der Waals surface area contributed by atoms with Gasteiger partial charge in [-0.3, -0.25) is 19.3 Å². The van der Waals surface area contributed by atoms with Gasteiger partial charge in [0.05, 0.1) is 6.04 Å². The zero-order chi connectivity index (χ0) is 18.4. The van der Waals surface area contributed by atoms with Gasteiger partial charge in [-0.15, -0.1) is 0 Å². The minimum atomic E-state index is -0.932. The molecule has 25 heavy (non-hydrogen) atoms. The first-order valence-corrected chi connectivity index (χ1v) is 8.52. The molecule has 0 bridgehead atoms. The number of carboxylic acids is 1. The number of nitrogens with one attached hydrogen (secondary N) is 1. The molecule has 1 aromatic rings. The van der Waals surface area contributed by atoms with Crippen molar-refractivity contribution >= 4 is 17.8 Å². The van der Waals surface area contributed by atoms with Gasteiger partial charge >= 0.3 is 5.97 Å². The van der Waals surface area contributed by atoms with Gasteiger partial charge < -0.3 is 16.2 Å². The van der Waals surface area contributed by atoms with Crippen molar-refractivity contribution in [3.05, 3.63) is 35.9 Å². The summed E-state index contributed by atoms with van der Waals surface area (Å²) in [5.41, 5.74) is 6.24. The van der Waals surface area contributed by atoms with E-state index >= 15 is 0 Å². The maximum absolute atomic E-state index is 12.4. The van der Waals surface area contributed by atoms with Crippen LogP contribution in [0.5, 0.6) is 0 Å². The van der Waals surface area contributed by atoms with Crippen LogP contribution in [0.1, 0.15) is 31.7 Å². The molecule has 1 aromatic carbocycles. The number of primary amides is 1. The molecule has 2 rings (SSSR count). The second-order valence-electron chi connectivity index (χ2n) is 6.41. The molecule has 0 spiro atoms. The largest absolute Gasteiger partial charge is 0.480 e. The molecule has 1 fully saturated rings. The zero-order valence-electron chi connectivity index (χ0n) is 14.4. The lowest BCUT2D eigenvalue weighted by Gasteiger charge is -2.30. The first-order valence-electron chi connectivity index (χ1n) is 8.52. The number of nitrogens with two attached hydrogens (primary N) is 1. The van der Waals surface area contributed by atoms with Gasteiger partial charge in [-0.2, -0.15) is 0 Å². The van der Waals surface area contributed by atoms with Crippen molar-refractivity contribution in [2.75, 3.05) is 6.54 Å². The Morgan fingerprint density at radius 1 is 1.32 bits per heavy atom. The Labute approximate surface area is 147 Å². The number of aryl methyl sites for hydroxylation is 1. The Morgan fingerprint density at radius 3 is 2.60 bits per heavy atom. The van der Waals surface area contributed by atoms with Crippen LogP contribution in [0.4, 0.5) is 0 Å². The highest BCUT2D eigenvalue weighted by Gasteiger charge is 2.38. The van der Waals surface area contributed by atoms with Crippen molar-refractivity contribution in [1.82, 2.24) is 10.2 Å². The molecule has 1 aliphatic heterocycles. The van der Waals surface area contributed by atoms with Gasteiger partial charge in [-0.25, -0.2) is 0 Å². The Balaban J connectivity index is 2.04. The third kappa shape index (κ3) is 5.03. The number of benzene rings is 1. The molecule has 0 aromatic heterocycles. The third-order valence-electron chi connectivity index (χ3n) is 4.62. The highest BCUT2D eigenvalue weighted by Crippen LogP contribution is 2.23. The van der Waals surface area contributed by atoms with E-state index in [0.717, 1.165) is 12.0 Å². The highest BCUT2D eigenvalue weighted by atomic mass is 16.4. The van der Waals surface area contributed by atoms with Crippen LogP contribution < -0.4 is 11.1 Å². The lowest BCUT2D eigenvalue weighted by Crippen LogP contribution is -2.53. The maximum atomic E-state index is 12.4. The van der Waals surface area contributed by atoms with E-state index in [-0.39, 0.29) is 5.91 Å². The number of rotatable bonds is 8. The lowest BCUT2D eigenvalue weighted by atomic mass is 10.0. The van der Waals surface area contributed by atoms with Crippen LogP contribution in [0.3, 0.4) is 0 Å². The van der Waals surface area contributed by atoms with E-state index in [2.05, 4.69) is 5.32 Å². The second kappa shape index (κ2) is 8.62. The van der Waals surface area contributed by atoms with E-state index in [1.54, 1.807) is 4.90 Å². The summed E-state index contributed by atoms with van der Waals surface area (Å²) >= 11 is 0. The fourth-order valence-corrected chi connectivity index (χ4v) is 3.20. The van der Waals surface area contributed by atoms with E-state index in [4.69, 9.17) is 5.73 Å². The predicted molar refractivity (Wildman–Crippen MR) is 92.7 cm³/mol. The summed E-state index contributed by atoms with van der Waals surface area (Å²) in [4.78, 5) is 37.0. The van der Waals surface area contributed by atoms with E-state index in [1.165, 1.54) is 6.92 Å². The van der Waals surface area contributed by atoms with E-state index in [1.807, 2.05) is 30.3 Å². The first-order chi connectivity index (χ1) is 11.9. The fourth-order valence-electron chi connectivity index (χ4n) is 3.20. The number of carbonyl (C=O) groups excluding carboxylic acids is 2. The molecular formula is C18H25N3O4. The standard InChI is InChI=1S/C18H25N3O4/c1-12(16(19)22)20-17(23)14-8-5-11-21(14)15(18(24)25)10-9-13-6-3-2-4-7-13/h2-4,6-7,12,14-15H,5,8-11H2,1H3,(H2,19,22)(H,20,23)(H,24,25)/t12-,14-,15?/m0/s1. The second-order valence-corrected chi connectivity index (χ2v) is 6.41. The predicted octanol–water partition coefficient (Wildman–Crippen LogP) is 0.527. The van der Waals surface area contributed by atoms with Crippen LogP contribution >= 0.6 is 0 Å². The molecule has 1 aliphatic rings. The molecule has 1 unspecified atom stereocenters. The summed E-state index contributed by atoms with van der Waals surface area (Å²) in [6.07, 6.45) is 2.37. The van der Waals surface area contributed by atoms with Gasteiger partial charge in [0, 0.05) is 0 Å². The van der Waals surface area contributed by atoms with Crippen molar-refractivity contribution in [2.24, 2.45) is 5.73 Å². The summed E-state index contributed by atoms with van der Waals surface area (Å²) in [6, 6.07) is 7.62. The number of nitrogens with zero attached hydrogens (tertiary/aromatic N) is 1. The molecular weight excluding hydrogens is 322 g/mol. The van der Waals surface area contributed by atoms with Crippen LogP contribution in [-0.4, -0.2) is 52.5 Å². The van der Waals surface area contributed by atoms with Crippen LogP contribution in [0.2, 0.25) is 0 Å². The number of hydrogen-bond acceptors (Lipinski definition) is 4. The Morgan fingerprint density at radius 2 is 2.00 bits per heavy atom. The molecule has 0 radical (unpaired) electrons. The van der Waals surface area contributed by atoms with Crippen molar-refractivity contribution < 1.29 is 19.5 Å². The SMILES string of the molecule is C[C@H](NC(=O)[C@@H]1CCCN1C(CCc1ccccc1)C(=O)O)C(N)=O. The van der Waals surface area contributed by atoms with E-state index in [9.17, 15) is 19.5 Å². The molecule has 2 amide bonds. The third-order valence-corrected chi connectivity index (χ3v) is 4.62. The maximum Gasteiger partial charge on any atom is 0.320 e. The molecule has 136 valence electrons. The van der Waals surface area contributed by atoms with Crippen LogP contribution in [0, 0.1) is 0 Å². The number of aliphatic carboxylic acids is 1. The average Bonchev–Trinajstić information content (AvgIpc) is 3.05. The Kier molecular flexibility index (Phi) is 6.52. The van der Waals surface area contributed by atoms with Gasteiger partial charge in [-0.05, 0) is 44.7 Å². The van der Waals surface area contributed by atoms with Crippen LogP contribution in [-0.2, 0) is 20.8 Å². The molecule has 1 heterocycles. The zero-order valence-corrected chi connectivity index (χ0v) is 14.4. The topological polar surface area (TPSA) is 113 Å². The average molecular weight is 347 g/mol. The fraction of sp³-hybridized carbons (Fsp3) is 0.500. The highest BCUT2D eigenvalue weighted by molar-refractivity contribution is 5.89. The minimum absolute atomic E-state index is 0.338. The van der Waals surface area contributed by atoms with Crippen molar-refractivity contribution in [3.8, 4) is 0 Å². The summed E-state index contributed by atoms with van der Waals surface area (Å²) < 4.78 is 0. The lowest BCUT2D eigenvalue weighted by molar-refractivity contribution is -0.145. The molecule has 1 saturated heterocycles. The minimum Gasteiger partial charge on any atom is -0.480 e. The molecule has 3 atom stereocenters. The van der Waals surface area contributed by atoms with E-state index < -0.39 is 30.0 Å². The smallest absolute Gasteiger partial charge is 0.320 e. The number of carbonyl (C=O) groups is 3. The quantitative estimate of drug-likeness (QED) is 0.635. The normalized spacial score (nSPS) is 20.0. The molecule has 7 nitrogen and oxygen atoms in total. The summed E-state index contributed by atoms with van der Waals surface area (Å²) in [6.45, 7) is 2.07. The number of likely N-dealkylation sites (tertiary alicyclic amines) is 1. The summed E-state index contributed by atoms with van der Waals surface area (Å²) in [5, 5.41) is 12.2. The van der Waals surface area contributed by atoms with Crippen LogP contribution in [0.25, 0.3) is 0 Å². The molecule has 7 heteroatoms. The van der Waals surface area contributed by atoms with Crippen molar-refractivity contribution in [1.29, 1.82) is 0 Å². The van der Waals surface area contributed by atoms with Gasteiger partial charge in [0.15, 0.2) is 0 Å².